The average molecular weight is 221 g/mol. The lowest BCUT2D eigenvalue weighted by Crippen LogP contribution is -2.25. The summed E-state index contributed by atoms with van der Waals surface area (Å²) in [5.74, 6) is 1.50. The van der Waals surface area contributed by atoms with Crippen LogP contribution in [0.3, 0.4) is 0 Å². The quantitative estimate of drug-likeness (QED) is 0.829. The minimum Gasteiger partial charge on any atom is -0.327 e. The summed E-state index contributed by atoms with van der Waals surface area (Å²) in [6, 6.07) is 2.28. The van der Waals surface area contributed by atoms with Gasteiger partial charge in [0.05, 0.1) is 0 Å². The highest BCUT2D eigenvalue weighted by molar-refractivity contribution is 5.12. The fourth-order valence-corrected chi connectivity index (χ4v) is 1.94. The van der Waals surface area contributed by atoms with E-state index in [0.29, 0.717) is 5.92 Å². The van der Waals surface area contributed by atoms with E-state index >= 15 is 0 Å². The van der Waals surface area contributed by atoms with Gasteiger partial charge in [0.25, 0.3) is 0 Å². The van der Waals surface area contributed by atoms with E-state index in [1.54, 1.807) is 0 Å². The first-order valence-corrected chi connectivity index (χ1v) is 6.10. The van der Waals surface area contributed by atoms with Crippen molar-refractivity contribution in [3.05, 3.63) is 23.3 Å². The normalized spacial score (nSPS) is 13.1. The molecule has 16 heavy (non-hydrogen) atoms. The lowest BCUT2D eigenvalue weighted by Gasteiger charge is -2.14. The monoisotopic (exact) mass is 221 g/mol. The number of aromatic nitrogens is 2. The van der Waals surface area contributed by atoms with E-state index < -0.39 is 0 Å². The minimum atomic E-state index is 0.207. The molecule has 0 aromatic carbocycles. The maximum Gasteiger partial charge on any atom is 0.125 e. The van der Waals surface area contributed by atoms with Gasteiger partial charge < -0.3 is 5.73 Å². The largest absolute Gasteiger partial charge is 0.327 e. The molecule has 0 saturated heterocycles. The minimum absolute atomic E-state index is 0.207. The average Bonchev–Trinajstić information content (AvgIpc) is 2.14. The smallest absolute Gasteiger partial charge is 0.125 e. The van der Waals surface area contributed by atoms with Gasteiger partial charge in [-0.25, -0.2) is 9.97 Å². The molecule has 90 valence electrons. The maximum absolute atomic E-state index is 6.09. The number of hydrogen-bond donors (Lipinski definition) is 1. The third-order valence-electron chi connectivity index (χ3n) is 2.55. The molecule has 1 unspecified atom stereocenters. The molecule has 1 aromatic rings. The predicted molar refractivity (Wildman–Crippen MR) is 67.3 cm³/mol. The van der Waals surface area contributed by atoms with E-state index in [4.69, 9.17) is 5.73 Å². The zero-order valence-electron chi connectivity index (χ0n) is 10.8. The van der Waals surface area contributed by atoms with E-state index in [1.807, 2.05) is 6.92 Å². The molecule has 0 spiro atoms. The maximum atomic E-state index is 6.09. The van der Waals surface area contributed by atoms with Crippen molar-refractivity contribution in [3.8, 4) is 0 Å². The van der Waals surface area contributed by atoms with Crippen LogP contribution in [-0.4, -0.2) is 16.0 Å². The number of nitrogens with zero attached hydrogens (tertiary/aromatic N) is 2. The van der Waals surface area contributed by atoms with Crippen molar-refractivity contribution >= 4 is 0 Å². The first-order chi connectivity index (χ1) is 7.51. The van der Waals surface area contributed by atoms with Gasteiger partial charge in [-0.15, -0.1) is 0 Å². The Kier molecular flexibility index (Phi) is 4.87. The van der Waals surface area contributed by atoms with Gasteiger partial charge in [0.15, 0.2) is 0 Å². The highest BCUT2D eigenvalue weighted by atomic mass is 14.9. The van der Waals surface area contributed by atoms with Crippen LogP contribution in [0.15, 0.2) is 6.07 Å². The molecule has 1 atom stereocenters. The molecule has 0 aliphatic heterocycles. The molecule has 0 aliphatic rings. The lowest BCUT2D eigenvalue weighted by atomic mass is 10.0. The van der Waals surface area contributed by atoms with Crippen LogP contribution in [0.25, 0.3) is 0 Å². The first kappa shape index (κ1) is 13.1. The Hall–Kier alpha value is -0.960. The molecular weight excluding hydrogens is 198 g/mol. The molecule has 1 heterocycles. The van der Waals surface area contributed by atoms with E-state index in [2.05, 4.69) is 36.8 Å². The van der Waals surface area contributed by atoms with Crippen molar-refractivity contribution in [2.75, 3.05) is 0 Å². The SMILES string of the molecule is CCc1cc(CC(N)CC(C)C)nc(C)n1. The van der Waals surface area contributed by atoms with Crippen LogP contribution < -0.4 is 5.73 Å². The standard InChI is InChI=1S/C13H23N3/c1-5-12-8-13(16-10(4)15-12)7-11(14)6-9(2)3/h8-9,11H,5-7,14H2,1-4H3. The van der Waals surface area contributed by atoms with Crippen LogP contribution in [-0.2, 0) is 12.8 Å². The zero-order chi connectivity index (χ0) is 12.1. The number of rotatable bonds is 5. The van der Waals surface area contributed by atoms with E-state index in [9.17, 15) is 0 Å². The van der Waals surface area contributed by atoms with Gasteiger partial charge in [-0.1, -0.05) is 20.8 Å². The highest BCUT2D eigenvalue weighted by Crippen LogP contribution is 2.09. The Morgan fingerprint density at radius 1 is 1.25 bits per heavy atom. The van der Waals surface area contributed by atoms with Crippen molar-refractivity contribution in [2.24, 2.45) is 11.7 Å². The Bertz CT molecular complexity index is 334. The van der Waals surface area contributed by atoms with Gasteiger partial charge in [0.2, 0.25) is 0 Å². The van der Waals surface area contributed by atoms with Crippen molar-refractivity contribution in [1.29, 1.82) is 0 Å². The topological polar surface area (TPSA) is 51.8 Å². The second-order valence-corrected chi connectivity index (χ2v) is 4.85. The summed E-state index contributed by atoms with van der Waals surface area (Å²) in [5, 5.41) is 0. The molecule has 0 bridgehead atoms. The van der Waals surface area contributed by atoms with Gasteiger partial charge in [-0.05, 0) is 31.7 Å². The third kappa shape index (κ3) is 4.27. The third-order valence-corrected chi connectivity index (χ3v) is 2.55. The Labute approximate surface area is 98.5 Å². The van der Waals surface area contributed by atoms with Crippen molar-refractivity contribution < 1.29 is 0 Å². The fraction of sp³-hybridized carbons (Fsp3) is 0.692. The summed E-state index contributed by atoms with van der Waals surface area (Å²) < 4.78 is 0. The second kappa shape index (κ2) is 5.94. The van der Waals surface area contributed by atoms with Crippen LogP contribution in [0.2, 0.25) is 0 Å². The van der Waals surface area contributed by atoms with Gasteiger partial charge >= 0.3 is 0 Å². The summed E-state index contributed by atoms with van der Waals surface area (Å²) in [4.78, 5) is 8.81. The second-order valence-electron chi connectivity index (χ2n) is 4.85. The van der Waals surface area contributed by atoms with E-state index in [0.717, 1.165) is 36.5 Å². The summed E-state index contributed by atoms with van der Waals surface area (Å²) in [6.45, 7) is 8.45. The van der Waals surface area contributed by atoms with Gasteiger partial charge in [-0.2, -0.15) is 0 Å². The molecule has 3 nitrogen and oxygen atoms in total. The molecule has 0 radical (unpaired) electrons. The Morgan fingerprint density at radius 3 is 2.44 bits per heavy atom. The molecule has 3 heteroatoms. The molecule has 0 saturated carbocycles. The van der Waals surface area contributed by atoms with E-state index in [-0.39, 0.29) is 6.04 Å². The molecule has 1 aromatic heterocycles. The Morgan fingerprint density at radius 2 is 1.88 bits per heavy atom. The molecule has 0 aliphatic carbocycles. The molecule has 0 fully saturated rings. The van der Waals surface area contributed by atoms with Crippen LogP contribution in [0.1, 0.15) is 44.4 Å². The van der Waals surface area contributed by atoms with Gasteiger partial charge in [0, 0.05) is 23.9 Å². The summed E-state index contributed by atoms with van der Waals surface area (Å²) >= 11 is 0. The number of aryl methyl sites for hydroxylation is 2. The van der Waals surface area contributed by atoms with Crippen molar-refractivity contribution in [1.82, 2.24) is 9.97 Å². The van der Waals surface area contributed by atoms with Crippen molar-refractivity contribution in [3.63, 3.8) is 0 Å². The van der Waals surface area contributed by atoms with Gasteiger partial charge in [-0.3, -0.25) is 0 Å². The summed E-state index contributed by atoms with van der Waals surface area (Å²) in [5.41, 5.74) is 8.28. The molecular formula is C13H23N3. The van der Waals surface area contributed by atoms with Crippen molar-refractivity contribution in [2.45, 2.75) is 53.0 Å². The number of nitrogens with two attached hydrogens (primary N) is 1. The highest BCUT2D eigenvalue weighted by Gasteiger charge is 2.09. The lowest BCUT2D eigenvalue weighted by molar-refractivity contribution is 0.489. The molecule has 2 N–H and O–H groups in total. The van der Waals surface area contributed by atoms with Crippen LogP contribution >= 0.6 is 0 Å². The van der Waals surface area contributed by atoms with Crippen LogP contribution in [0.5, 0.6) is 0 Å². The zero-order valence-corrected chi connectivity index (χ0v) is 10.8. The molecule has 0 amide bonds. The first-order valence-electron chi connectivity index (χ1n) is 6.10. The van der Waals surface area contributed by atoms with Crippen LogP contribution in [0.4, 0.5) is 0 Å². The van der Waals surface area contributed by atoms with Crippen LogP contribution in [0, 0.1) is 12.8 Å². The predicted octanol–water partition coefficient (Wildman–Crippen LogP) is 2.26. The summed E-state index contributed by atoms with van der Waals surface area (Å²) in [7, 11) is 0. The number of hydrogen-bond acceptors (Lipinski definition) is 3. The van der Waals surface area contributed by atoms with E-state index in [1.165, 1.54) is 0 Å². The molecule has 1 rings (SSSR count). The van der Waals surface area contributed by atoms with Gasteiger partial charge in [0.1, 0.15) is 5.82 Å². The Balaban J connectivity index is 2.69. The fourth-order valence-electron chi connectivity index (χ4n) is 1.94. The summed E-state index contributed by atoms with van der Waals surface area (Å²) in [6.07, 6.45) is 2.86.